The number of aromatic nitrogens is 3. The van der Waals surface area contributed by atoms with Crippen LogP contribution in [0.4, 0.5) is 5.69 Å². The third-order valence-electron chi connectivity index (χ3n) is 6.25. The molecule has 3 heterocycles. The van der Waals surface area contributed by atoms with Gasteiger partial charge in [0.2, 0.25) is 0 Å². The van der Waals surface area contributed by atoms with Gasteiger partial charge < -0.3 is 14.4 Å². The molecule has 160 valence electrons. The number of hydrogen-bond donors (Lipinski definition) is 0. The predicted molar refractivity (Wildman–Crippen MR) is 119 cm³/mol. The van der Waals surface area contributed by atoms with E-state index in [4.69, 9.17) is 0 Å². The Morgan fingerprint density at radius 3 is 2.58 bits per heavy atom. The zero-order valence-corrected chi connectivity index (χ0v) is 17.5. The molecule has 31 heavy (non-hydrogen) atoms. The lowest BCUT2D eigenvalue weighted by Crippen LogP contribution is -2.49. The SMILES string of the molecule is Cn1cccc(C(=O)N2CCN(c3ccc4c(=O)n(CC5CC5)cnc4c3)CC2)c1=O. The van der Waals surface area contributed by atoms with Crippen molar-refractivity contribution in [2.45, 2.75) is 19.4 Å². The monoisotopic (exact) mass is 419 g/mol. The number of pyridine rings is 1. The Balaban J connectivity index is 1.31. The summed E-state index contributed by atoms with van der Waals surface area (Å²) in [5.41, 5.74) is 1.63. The maximum atomic E-state index is 12.8. The van der Waals surface area contributed by atoms with Crippen LogP contribution in [0.25, 0.3) is 10.9 Å². The Morgan fingerprint density at radius 2 is 1.84 bits per heavy atom. The summed E-state index contributed by atoms with van der Waals surface area (Å²) in [5, 5.41) is 0.639. The van der Waals surface area contributed by atoms with Crippen molar-refractivity contribution in [3.05, 3.63) is 69.1 Å². The van der Waals surface area contributed by atoms with E-state index in [9.17, 15) is 14.4 Å². The topological polar surface area (TPSA) is 80.4 Å². The van der Waals surface area contributed by atoms with Crippen molar-refractivity contribution in [1.29, 1.82) is 0 Å². The highest BCUT2D eigenvalue weighted by Gasteiger charge is 2.25. The van der Waals surface area contributed by atoms with Crippen LogP contribution in [0.2, 0.25) is 0 Å². The lowest BCUT2D eigenvalue weighted by atomic mass is 10.1. The number of rotatable bonds is 4. The van der Waals surface area contributed by atoms with Crippen LogP contribution in [-0.4, -0.2) is 51.1 Å². The van der Waals surface area contributed by atoms with Gasteiger partial charge in [0.15, 0.2) is 0 Å². The highest BCUT2D eigenvalue weighted by molar-refractivity contribution is 5.94. The summed E-state index contributed by atoms with van der Waals surface area (Å²) >= 11 is 0. The highest BCUT2D eigenvalue weighted by atomic mass is 16.2. The average molecular weight is 419 g/mol. The Bertz CT molecular complexity index is 1270. The number of amides is 1. The fourth-order valence-corrected chi connectivity index (χ4v) is 4.15. The molecule has 8 heteroatoms. The Hall–Kier alpha value is -3.42. The van der Waals surface area contributed by atoms with E-state index in [0.29, 0.717) is 43.0 Å². The number of nitrogens with zero attached hydrogens (tertiary/aromatic N) is 5. The standard InChI is InChI=1S/C23H25N5O3/c1-25-8-2-3-19(21(25)29)23(31)27-11-9-26(10-12-27)17-6-7-18-20(13-17)24-15-28(22(18)30)14-16-4-5-16/h2-3,6-8,13,15-16H,4-5,9-12,14H2,1H3. The van der Waals surface area contributed by atoms with Crippen LogP contribution < -0.4 is 16.0 Å². The van der Waals surface area contributed by atoms with Crippen LogP contribution in [0.5, 0.6) is 0 Å². The number of carbonyl (C=O) groups is 1. The van der Waals surface area contributed by atoms with Gasteiger partial charge in [-0.25, -0.2) is 4.98 Å². The van der Waals surface area contributed by atoms with E-state index < -0.39 is 0 Å². The molecule has 8 nitrogen and oxygen atoms in total. The second kappa shape index (κ2) is 7.68. The zero-order valence-electron chi connectivity index (χ0n) is 17.5. The van der Waals surface area contributed by atoms with Gasteiger partial charge in [0.1, 0.15) is 5.56 Å². The minimum atomic E-state index is -0.275. The molecule has 2 fully saturated rings. The van der Waals surface area contributed by atoms with Crippen molar-refractivity contribution in [2.24, 2.45) is 13.0 Å². The van der Waals surface area contributed by atoms with E-state index in [0.717, 1.165) is 12.2 Å². The molecule has 1 aliphatic carbocycles. The first kappa shape index (κ1) is 19.5. The summed E-state index contributed by atoms with van der Waals surface area (Å²) in [6.07, 6.45) is 5.68. The van der Waals surface area contributed by atoms with Gasteiger partial charge in [-0.1, -0.05) is 0 Å². The summed E-state index contributed by atoms with van der Waals surface area (Å²) in [7, 11) is 1.64. The van der Waals surface area contributed by atoms with Crippen molar-refractivity contribution >= 4 is 22.5 Å². The van der Waals surface area contributed by atoms with Crippen LogP contribution >= 0.6 is 0 Å². The van der Waals surface area contributed by atoms with Gasteiger partial charge in [0.25, 0.3) is 17.0 Å². The average Bonchev–Trinajstić information content (AvgIpc) is 3.61. The van der Waals surface area contributed by atoms with E-state index in [1.165, 1.54) is 17.4 Å². The van der Waals surface area contributed by atoms with Crippen LogP contribution in [-0.2, 0) is 13.6 Å². The minimum absolute atomic E-state index is 0.0170. The molecule has 1 saturated heterocycles. The maximum Gasteiger partial charge on any atom is 0.263 e. The van der Waals surface area contributed by atoms with Gasteiger partial charge in [-0.2, -0.15) is 0 Å². The molecule has 0 spiro atoms. The van der Waals surface area contributed by atoms with E-state index >= 15 is 0 Å². The molecule has 1 aromatic carbocycles. The molecule has 0 atom stereocenters. The minimum Gasteiger partial charge on any atom is -0.368 e. The van der Waals surface area contributed by atoms with Gasteiger partial charge in [0.05, 0.1) is 17.2 Å². The molecular formula is C23H25N5O3. The normalized spacial score (nSPS) is 16.7. The van der Waals surface area contributed by atoms with E-state index in [2.05, 4.69) is 9.88 Å². The van der Waals surface area contributed by atoms with Crippen molar-refractivity contribution in [3.8, 4) is 0 Å². The molecule has 0 radical (unpaired) electrons. The molecule has 0 bridgehead atoms. The van der Waals surface area contributed by atoms with Gasteiger partial charge in [0, 0.05) is 51.7 Å². The molecule has 2 aromatic heterocycles. The number of anilines is 1. The fraction of sp³-hybridized carbons (Fsp3) is 0.391. The second-order valence-electron chi connectivity index (χ2n) is 8.46. The van der Waals surface area contributed by atoms with Crippen LogP contribution in [0.1, 0.15) is 23.2 Å². The van der Waals surface area contributed by atoms with Gasteiger partial charge >= 0.3 is 0 Å². The molecular weight excluding hydrogens is 394 g/mol. The van der Waals surface area contributed by atoms with Gasteiger partial charge in [-0.15, -0.1) is 0 Å². The molecule has 1 saturated carbocycles. The van der Waals surface area contributed by atoms with Crippen molar-refractivity contribution < 1.29 is 4.79 Å². The summed E-state index contributed by atoms with van der Waals surface area (Å²) in [6, 6.07) is 9.06. The molecule has 1 amide bonds. The number of aryl methyl sites for hydroxylation is 1. The van der Waals surface area contributed by atoms with E-state index in [1.54, 1.807) is 41.2 Å². The molecule has 5 rings (SSSR count). The smallest absolute Gasteiger partial charge is 0.263 e. The van der Waals surface area contributed by atoms with Crippen molar-refractivity contribution in [3.63, 3.8) is 0 Å². The van der Waals surface area contributed by atoms with Crippen LogP contribution in [0.15, 0.2) is 52.4 Å². The summed E-state index contributed by atoms with van der Waals surface area (Å²) in [6.45, 7) is 3.13. The van der Waals surface area contributed by atoms with E-state index in [-0.39, 0.29) is 22.6 Å². The quantitative estimate of drug-likeness (QED) is 0.640. The number of piperazine rings is 1. The number of benzene rings is 1. The van der Waals surface area contributed by atoms with Gasteiger partial charge in [-0.3, -0.25) is 19.0 Å². The summed E-state index contributed by atoms with van der Waals surface area (Å²) in [5.74, 6) is 0.392. The summed E-state index contributed by atoms with van der Waals surface area (Å²) < 4.78 is 3.14. The molecule has 0 N–H and O–H groups in total. The molecule has 3 aromatic rings. The van der Waals surface area contributed by atoms with Crippen molar-refractivity contribution in [1.82, 2.24) is 19.0 Å². The molecule has 1 aliphatic heterocycles. The summed E-state index contributed by atoms with van der Waals surface area (Å²) in [4.78, 5) is 46.2. The molecule has 2 aliphatic rings. The fourth-order valence-electron chi connectivity index (χ4n) is 4.15. The first-order valence-corrected chi connectivity index (χ1v) is 10.7. The third-order valence-corrected chi connectivity index (χ3v) is 6.25. The van der Waals surface area contributed by atoms with Crippen LogP contribution in [0, 0.1) is 5.92 Å². The first-order chi connectivity index (χ1) is 15.0. The number of hydrogen-bond acceptors (Lipinski definition) is 5. The lowest BCUT2D eigenvalue weighted by Gasteiger charge is -2.36. The lowest BCUT2D eigenvalue weighted by molar-refractivity contribution is 0.0744. The Kier molecular flexibility index (Phi) is 4.84. The van der Waals surface area contributed by atoms with E-state index in [1.807, 2.05) is 18.2 Å². The largest absolute Gasteiger partial charge is 0.368 e. The maximum absolute atomic E-state index is 12.8. The Morgan fingerprint density at radius 1 is 1.06 bits per heavy atom. The zero-order chi connectivity index (χ0) is 21.5. The first-order valence-electron chi connectivity index (χ1n) is 10.7. The predicted octanol–water partition coefficient (Wildman–Crippen LogP) is 1.47. The third kappa shape index (κ3) is 3.73. The van der Waals surface area contributed by atoms with Crippen LogP contribution in [0.3, 0.4) is 0 Å². The van der Waals surface area contributed by atoms with Crippen molar-refractivity contribution in [2.75, 3.05) is 31.1 Å². The highest BCUT2D eigenvalue weighted by Crippen LogP contribution is 2.30. The Labute approximate surface area is 179 Å². The number of fused-ring (bicyclic) bond motifs is 1. The number of carbonyl (C=O) groups excluding carboxylic acids is 1. The van der Waals surface area contributed by atoms with Gasteiger partial charge in [-0.05, 0) is 49.1 Å². The second-order valence-corrected chi connectivity index (χ2v) is 8.46. The molecule has 0 unspecified atom stereocenters.